The number of rotatable bonds is 4. The molecule has 2 aromatic rings. The number of carbonyl (C=O) groups is 2. The van der Waals surface area contributed by atoms with Gasteiger partial charge in [0.05, 0.1) is 22.9 Å². The smallest absolute Gasteiger partial charge is 0.338 e. The van der Waals surface area contributed by atoms with Crippen LogP contribution in [0, 0.1) is 18.3 Å². The number of aryl methyl sites for hydroxylation is 1. The van der Waals surface area contributed by atoms with Crippen LogP contribution in [0.3, 0.4) is 0 Å². The predicted molar refractivity (Wildman–Crippen MR) is 76.9 cm³/mol. The molecule has 0 saturated heterocycles. The lowest BCUT2D eigenvalue weighted by Crippen LogP contribution is -2.20. The SMILES string of the molecule is Cc1csc(NC(=O)COC(=O)c2cccc(C#N)c2)n1. The van der Waals surface area contributed by atoms with Gasteiger partial charge in [-0.25, -0.2) is 9.78 Å². The van der Waals surface area contributed by atoms with E-state index in [1.54, 1.807) is 17.5 Å². The molecule has 2 rings (SSSR count). The number of carbonyl (C=O) groups excluding carboxylic acids is 2. The standard InChI is InChI=1S/C14H11N3O3S/c1-9-8-21-14(16-9)17-12(18)7-20-13(19)11-4-2-3-10(5-11)6-15/h2-5,8H,7H2,1H3,(H,16,17,18). The van der Waals surface area contributed by atoms with E-state index in [4.69, 9.17) is 10.00 Å². The Kier molecular flexibility index (Phi) is 4.64. The number of amides is 1. The molecule has 1 amide bonds. The normalized spacial score (nSPS) is 9.71. The molecular weight excluding hydrogens is 290 g/mol. The minimum atomic E-state index is -0.655. The topological polar surface area (TPSA) is 92.1 Å². The maximum atomic E-state index is 11.7. The third kappa shape index (κ3) is 4.12. The van der Waals surface area contributed by atoms with Gasteiger partial charge in [-0.15, -0.1) is 11.3 Å². The van der Waals surface area contributed by atoms with Gasteiger partial charge in [-0.1, -0.05) is 6.07 Å². The Labute approximate surface area is 125 Å². The van der Waals surface area contributed by atoms with Crippen LogP contribution >= 0.6 is 11.3 Å². The van der Waals surface area contributed by atoms with Crippen molar-refractivity contribution >= 4 is 28.3 Å². The van der Waals surface area contributed by atoms with Gasteiger partial charge in [0.25, 0.3) is 5.91 Å². The molecule has 0 fully saturated rings. The number of anilines is 1. The van der Waals surface area contributed by atoms with Gasteiger partial charge in [-0.3, -0.25) is 10.1 Å². The zero-order chi connectivity index (χ0) is 15.2. The molecule has 0 unspecified atom stereocenters. The van der Waals surface area contributed by atoms with Crippen LogP contribution in [0.15, 0.2) is 29.6 Å². The van der Waals surface area contributed by atoms with E-state index >= 15 is 0 Å². The first-order valence-electron chi connectivity index (χ1n) is 5.98. The number of benzene rings is 1. The number of nitriles is 1. The number of hydrogen-bond donors (Lipinski definition) is 1. The molecule has 0 saturated carbocycles. The van der Waals surface area contributed by atoms with Crippen molar-refractivity contribution in [3.8, 4) is 6.07 Å². The van der Waals surface area contributed by atoms with Gasteiger partial charge in [0, 0.05) is 5.38 Å². The summed E-state index contributed by atoms with van der Waals surface area (Å²) in [5, 5.41) is 13.5. The number of nitrogens with one attached hydrogen (secondary N) is 1. The maximum Gasteiger partial charge on any atom is 0.338 e. The van der Waals surface area contributed by atoms with E-state index in [1.165, 1.54) is 23.5 Å². The molecule has 21 heavy (non-hydrogen) atoms. The lowest BCUT2D eigenvalue weighted by Gasteiger charge is -2.04. The minimum absolute atomic E-state index is 0.229. The molecule has 6 nitrogen and oxygen atoms in total. The van der Waals surface area contributed by atoms with Crippen molar-refractivity contribution < 1.29 is 14.3 Å². The molecule has 1 aromatic carbocycles. The average Bonchev–Trinajstić information content (AvgIpc) is 2.90. The number of thiazole rings is 1. The molecule has 0 aliphatic heterocycles. The maximum absolute atomic E-state index is 11.7. The van der Waals surface area contributed by atoms with E-state index in [1.807, 2.05) is 13.0 Å². The fraction of sp³-hybridized carbons (Fsp3) is 0.143. The third-order valence-corrected chi connectivity index (χ3v) is 3.30. The molecule has 0 atom stereocenters. The second kappa shape index (κ2) is 6.63. The number of ether oxygens (including phenoxy) is 1. The highest BCUT2D eigenvalue weighted by Gasteiger charge is 2.11. The zero-order valence-corrected chi connectivity index (χ0v) is 11.9. The van der Waals surface area contributed by atoms with E-state index in [-0.39, 0.29) is 5.56 Å². The molecule has 0 aliphatic rings. The fourth-order valence-electron chi connectivity index (χ4n) is 1.50. The molecule has 1 heterocycles. The highest BCUT2D eigenvalue weighted by atomic mass is 32.1. The lowest BCUT2D eigenvalue weighted by atomic mass is 10.1. The summed E-state index contributed by atoms with van der Waals surface area (Å²) in [5.41, 5.74) is 1.39. The Hall–Kier alpha value is -2.72. The molecule has 7 heteroatoms. The van der Waals surface area contributed by atoms with Gasteiger partial charge in [-0.2, -0.15) is 5.26 Å². The Balaban J connectivity index is 1.88. The Morgan fingerprint density at radius 2 is 2.29 bits per heavy atom. The summed E-state index contributed by atoms with van der Waals surface area (Å²) < 4.78 is 4.88. The van der Waals surface area contributed by atoms with Crippen LogP contribution in [0.4, 0.5) is 5.13 Å². The van der Waals surface area contributed by atoms with E-state index in [9.17, 15) is 9.59 Å². The van der Waals surface area contributed by atoms with Gasteiger partial charge in [0.2, 0.25) is 0 Å². The summed E-state index contributed by atoms with van der Waals surface area (Å²) >= 11 is 1.29. The Morgan fingerprint density at radius 3 is 2.95 bits per heavy atom. The first-order chi connectivity index (χ1) is 10.1. The van der Waals surface area contributed by atoms with Gasteiger partial charge < -0.3 is 4.74 Å². The summed E-state index contributed by atoms with van der Waals surface area (Å²) in [6.07, 6.45) is 0. The van der Waals surface area contributed by atoms with Crippen molar-refractivity contribution in [1.82, 2.24) is 4.98 Å². The van der Waals surface area contributed by atoms with Crippen LogP contribution in [0.5, 0.6) is 0 Å². The third-order valence-electron chi connectivity index (χ3n) is 2.43. The average molecular weight is 301 g/mol. The molecule has 0 spiro atoms. The first kappa shape index (κ1) is 14.7. The summed E-state index contributed by atoms with van der Waals surface area (Å²) in [4.78, 5) is 27.4. The summed E-state index contributed by atoms with van der Waals surface area (Å²) in [7, 11) is 0. The first-order valence-corrected chi connectivity index (χ1v) is 6.85. The monoisotopic (exact) mass is 301 g/mol. The van der Waals surface area contributed by atoms with Crippen LogP contribution in [-0.4, -0.2) is 23.5 Å². The number of esters is 1. The van der Waals surface area contributed by atoms with E-state index < -0.39 is 18.5 Å². The molecule has 106 valence electrons. The summed E-state index contributed by atoms with van der Waals surface area (Å²) in [6.45, 7) is 1.41. The molecule has 0 bridgehead atoms. The van der Waals surface area contributed by atoms with Crippen LogP contribution < -0.4 is 5.32 Å². The highest BCUT2D eigenvalue weighted by molar-refractivity contribution is 7.13. The van der Waals surface area contributed by atoms with Crippen molar-refractivity contribution in [2.75, 3.05) is 11.9 Å². The highest BCUT2D eigenvalue weighted by Crippen LogP contribution is 2.14. The minimum Gasteiger partial charge on any atom is -0.452 e. The Morgan fingerprint density at radius 1 is 1.48 bits per heavy atom. The quantitative estimate of drug-likeness (QED) is 0.873. The van der Waals surface area contributed by atoms with Crippen LogP contribution in [0.2, 0.25) is 0 Å². The van der Waals surface area contributed by atoms with Crippen molar-refractivity contribution in [2.45, 2.75) is 6.92 Å². The summed E-state index contributed by atoms with van der Waals surface area (Å²) in [6, 6.07) is 8.01. The van der Waals surface area contributed by atoms with E-state index in [0.717, 1.165) is 5.69 Å². The molecule has 0 radical (unpaired) electrons. The number of nitrogens with zero attached hydrogens (tertiary/aromatic N) is 2. The molecule has 1 N–H and O–H groups in total. The molecule has 0 aliphatic carbocycles. The zero-order valence-electron chi connectivity index (χ0n) is 11.1. The van der Waals surface area contributed by atoms with Crippen molar-refractivity contribution in [1.29, 1.82) is 5.26 Å². The largest absolute Gasteiger partial charge is 0.452 e. The second-order valence-electron chi connectivity index (χ2n) is 4.11. The van der Waals surface area contributed by atoms with Crippen molar-refractivity contribution in [2.24, 2.45) is 0 Å². The fourth-order valence-corrected chi connectivity index (χ4v) is 2.20. The van der Waals surface area contributed by atoms with Gasteiger partial charge >= 0.3 is 5.97 Å². The second-order valence-corrected chi connectivity index (χ2v) is 4.97. The van der Waals surface area contributed by atoms with E-state index in [2.05, 4.69) is 10.3 Å². The summed E-state index contributed by atoms with van der Waals surface area (Å²) in [5.74, 6) is -1.12. The van der Waals surface area contributed by atoms with Crippen molar-refractivity contribution in [3.05, 3.63) is 46.5 Å². The van der Waals surface area contributed by atoms with Gasteiger partial charge in [0.1, 0.15) is 0 Å². The van der Waals surface area contributed by atoms with E-state index in [0.29, 0.717) is 10.7 Å². The van der Waals surface area contributed by atoms with Crippen molar-refractivity contribution in [3.63, 3.8) is 0 Å². The van der Waals surface area contributed by atoms with Gasteiger partial charge in [-0.05, 0) is 25.1 Å². The van der Waals surface area contributed by atoms with Crippen LogP contribution in [0.1, 0.15) is 21.6 Å². The number of aromatic nitrogens is 1. The predicted octanol–water partition coefficient (Wildman–Crippen LogP) is 2.12. The molecule has 1 aromatic heterocycles. The van der Waals surface area contributed by atoms with Crippen LogP contribution in [0.25, 0.3) is 0 Å². The molecular formula is C14H11N3O3S. The number of hydrogen-bond acceptors (Lipinski definition) is 6. The Bertz CT molecular complexity index is 718. The van der Waals surface area contributed by atoms with Crippen LogP contribution in [-0.2, 0) is 9.53 Å². The lowest BCUT2D eigenvalue weighted by molar-refractivity contribution is -0.119. The van der Waals surface area contributed by atoms with Gasteiger partial charge in [0.15, 0.2) is 11.7 Å².